The molecule has 1 aromatic heterocycles. The van der Waals surface area contributed by atoms with Crippen LogP contribution in [0.25, 0.3) is 5.69 Å². The number of para-hydroxylation sites is 2. The number of ether oxygens (including phenoxy) is 1. The molecule has 5 nitrogen and oxygen atoms in total. The molecular formula is C20H19N3O2. The second-order valence-electron chi connectivity index (χ2n) is 6.05. The van der Waals surface area contributed by atoms with Crippen LogP contribution in [-0.2, 0) is 16.0 Å². The van der Waals surface area contributed by atoms with Gasteiger partial charge in [-0.05, 0) is 29.7 Å². The van der Waals surface area contributed by atoms with Crippen LogP contribution in [0.5, 0.6) is 0 Å². The van der Waals surface area contributed by atoms with Crippen LogP contribution in [0, 0.1) is 0 Å². The first kappa shape index (κ1) is 15.6. The zero-order chi connectivity index (χ0) is 17.1. The van der Waals surface area contributed by atoms with Crippen LogP contribution in [0.2, 0.25) is 0 Å². The number of fused-ring (bicyclic) bond motifs is 1. The quantitative estimate of drug-likeness (QED) is 0.795. The Morgan fingerprint density at radius 1 is 1.20 bits per heavy atom. The van der Waals surface area contributed by atoms with E-state index in [9.17, 15) is 4.79 Å². The van der Waals surface area contributed by atoms with Gasteiger partial charge in [-0.1, -0.05) is 36.4 Å². The fourth-order valence-corrected chi connectivity index (χ4v) is 3.22. The van der Waals surface area contributed by atoms with Crippen LogP contribution >= 0.6 is 0 Å². The molecule has 5 heteroatoms. The average molecular weight is 333 g/mol. The van der Waals surface area contributed by atoms with E-state index < -0.39 is 0 Å². The Labute approximate surface area is 146 Å². The average Bonchev–Trinajstić information content (AvgIpc) is 3.17. The Kier molecular flexibility index (Phi) is 4.31. The van der Waals surface area contributed by atoms with E-state index in [2.05, 4.69) is 16.4 Å². The van der Waals surface area contributed by atoms with Crippen LogP contribution in [0.3, 0.4) is 0 Å². The van der Waals surface area contributed by atoms with Crippen LogP contribution < -0.4 is 5.32 Å². The van der Waals surface area contributed by atoms with E-state index in [1.54, 1.807) is 12.5 Å². The summed E-state index contributed by atoms with van der Waals surface area (Å²) in [6.45, 7) is 0.653. The minimum atomic E-state index is -0.189. The topological polar surface area (TPSA) is 56.1 Å². The molecule has 1 atom stereocenters. The third kappa shape index (κ3) is 3.32. The molecule has 0 saturated carbocycles. The summed E-state index contributed by atoms with van der Waals surface area (Å²) in [5.74, 6) is -0.0609. The molecule has 1 aliphatic rings. The first-order chi connectivity index (χ1) is 12.3. The standard InChI is InChI=1S/C20H19N3O2/c24-20(13-19-16-6-2-1-5-15(16)9-12-25-19)22-17-7-3-4-8-18(17)23-11-10-21-14-23/h1-8,10-11,14,19H,9,12-13H2,(H,22,24)/t19-/m0/s1. The zero-order valence-electron chi connectivity index (χ0n) is 13.8. The number of hydrogen-bond donors (Lipinski definition) is 1. The summed E-state index contributed by atoms with van der Waals surface area (Å²) in [7, 11) is 0. The Morgan fingerprint density at radius 2 is 2.04 bits per heavy atom. The van der Waals surface area contributed by atoms with E-state index in [1.807, 2.05) is 53.2 Å². The Balaban J connectivity index is 1.51. The van der Waals surface area contributed by atoms with Crippen molar-refractivity contribution in [1.29, 1.82) is 0 Å². The monoisotopic (exact) mass is 333 g/mol. The molecule has 4 rings (SSSR count). The van der Waals surface area contributed by atoms with E-state index in [4.69, 9.17) is 4.74 Å². The third-order valence-corrected chi connectivity index (χ3v) is 4.42. The van der Waals surface area contributed by atoms with Gasteiger partial charge in [0.2, 0.25) is 5.91 Å². The van der Waals surface area contributed by atoms with Crippen LogP contribution in [0.4, 0.5) is 5.69 Å². The molecular weight excluding hydrogens is 314 g/mol. The highest BCUT2D eigenvalue weighted by atomic mass is 16.5. The van der Waals surface area contributed by atoms with Crippen LogP contribution in [0.15, 0.2) is 67.3 Å². The maximum atomic E-state index is 12.6. The number of amides is 1. The fraction of sp³-hybridized carbons (Fsp3) is 0.200. The molecule has 1 aliphatic heterocycles. The summed E-state index contributed by atoms with van der Waals surface area (Å²) in [6.07, 6.45) is 6.29. The highest BCUT2D eigenvalue weighted by Gasteiger charge is 2.23. The van der Waals surface area contributed by atoms with Gasteiger partial charge in [-0.25, -0.2) is 4.98 Å². The van der Waals surface area contributed by atoms with Crippen molar-refractivity contribution in [2.75, 3.05) is 11.9 Å². The van der Waals surface area contributed by atoms with Crippen LogP contribution in [0.1, 0.15) is 23.7 Å². The van der Waals surface area contributed by atoms with Crippen molar-refractivity contribution in [2.24, 2.45) is 0 Å². The molecule has 0 fully saturated rings. The number of carbonyl (C=O) groups excluding carboxylic acids is 1. The highest BCUT2D eigenvalue weighted by Crippen LogP contribution is 2.30. The van der Waals surface area contributed by atoms with Gasteiger partial charge in [-0.15, -0.1) is 0 Å². The molecule has 0 spiro atoms. The van der Waals surface area contributed by atoms with Gasteiger partial charge in [0.15, 0.2) is 0 Å². The van der Waals surface area contributed by atoms with Crippen LogP contribution in [-0.4, -0.2) is 22.1 Å². The molecule has 25 heavy (non-hydrogen) atoms. The smallest absolute Gasteiger partial charge is 0.227 e. The number of hydrogen-bond acceptors (Lipinski definition) is 3. The number of anilines is 1. The van der Waals surface area contributed by atoms with Crippen molar-refractivity contribution in [2.45, 2.75) is 18.9 Å². The molecule has 126 valence electrons. The van der Waals surface area contributed by atoms with Gasteiger partial charge in [0.25, 0.3) is 0 Å². The Morgan fingerprint density at radius 3 is 2.92 bits per heavy atom. The number of imidazole rings is 1. The molecule has 2 heterocycles. The zero-order valence-corrected chi connectivity index (χ0v) is 13.8. The molecule has 1 N–H and O–H groups in total. The second kappa shape index (κ2) is 6.91. The largest absolute Gasteiger partial charge is 0.373 e. The van der Waals surface area contributed by atoms with Crippen molar-refractivity contribution in [1.82, 2.24) is 9.55 Å². The predicted octanol–water partition coefficient (Wildman–Crippen LogP) is 3.51. The maximum Gasteiger partial charge on any atom is 0.227 e. The second-order valence-corrected chi connectivity index (χ2v) is 6.05. The van der Waals surface area contributed by atoms with Crippen molar-refractivity contribution >= 4 is 11.6 Å². The number of nitrogens with one attached hydrogen (secondary N) is 1. The molecule has 3 aromatic rings. The molecule has 0 unspecified atom stereocenters. The van der Waals surface area contributed by atoms with Gasteiger partial charge in [-0.3, -0.25) is 4.79 Å². The normalized spacial score (nSPS) is 16.2. The van der Waals surface area contributed by atoms with Gasteiger partial charge in [0, 0.05) is 12.4 Å². The van der Waals surface area contributed by atoms with Gasteiger partial charge in [-0.2, -0.15) is 0 Å². The summed E-state index contributed by atoms with van der Waals surface area (Å²) >= 11 is 0. The van der Waals surface area contributed by atoms with Gasteiger partial charge in [0.05, 0.1) is 36.8 Å². The van der Waals surface area contributed by atoms with Crippen molar-refractivity contribution < 1.29 is 9.53 Å². The van der Waals surface area contributed by atoms with Crippen molar-refractivity contribution in [3.8, 4) is 5.69 Å². The molecule has 0 radical (unpaired) electrons. The van der Waals surface area contributed by atoms with E-state index in [0.717, 1.165) is 23.4 Å². The number of carbonyl (C=O) groups is 1. The molecule has 0 saturated heterocycles. The van der Waals surface area contributed by atoms with Gasteiger partial charge < -0.3 is 14.6 Å². The summed E-state index contributed by atoms with van der Waals surface area (Å²) < 4.78 is 7.72. The lowest BCUT2D eigenvalue weighted by atomic mass is 9.95. The lowest BCUT2D eigenvalue weighted by Gasteiger charge is -2.25. The lowest BCUT2D eigenvalue weighted by molar-refractivity contribution is -0.119. The number of benzene rings is 2. The summed E-state index contributed by atoms with van der Waals surface area (Å²) in [5.41, 5.74) is 4.03. The fourth-order valence-electron chi connectivity index (χ4n) is 3.22. The number of rotatable bonds is 4. The maximum absolute atomic E-state index is 12.6. The van der Waals surface area contributed by atoms with Gasteiger partial charge in [0.1, 0.15) is 0 Å². The summed E-state index contributed by atoms with van der Waals surface area (Å²) in [5, 5.41) is 3.01. The minimum Gasteiger partial charge on any atom is -0.373 e. The number of nitrogens with zero attached hydrogens (tertiary/aromatic N) is 2. The van der Waals surface area contributed by atoms with E-state index in [0.29, 0.717) is 13.0 Å². The summed E-state index contributed by atoms with van der Waals surface area (Å²) in [4.78, 5) is 16.7. The van der Waals surface area contributed by atoms with E-state index in [1.165, 1.54) is 5.56 Å². The molecule has 2 aromatic carbocycles. The first-order valence-electron chi connectivity index (χ1n) is 8.38. The highest BCUT2D eigenvalue weighted by molar-refractivity contribution is 5.93. The molecule has 0 aliphatic carbocycles. The van der Waals surface area contributed by atoms with Crippen molar-refractivity contribution in [3.05, 3.63) is 78.4 Å². The molecule has 1 amide bonds. The Hall–Kier alpha value is -2.92. The lowest BCUT2D eigenvalue weighted by Crippen LogP contribution is -2.22. The molecule has 0 bridgehead atoms. The predicted molar refractivity (Wildman–Crippen MR) is 95.6 cm³/mol. The SMILES string of the molecule is O=C(C[C@@H]1OCCc2ccccc21)Nc1ccccc1-n1ccnc1. The third-order valence-electron chi connectivity index (χ3n) is 4.42. The van der Waals surface area contributed by atoms with E-state index in [-0.39, 0.29) is 12.0 Å². The number of aromatic nitrogens is 2. The van der Waals surface area contributed by atoms with E-state index >= 15 is 0 Å². The minimum absolute atomic E-state index is 0.0609. The van der Waals surface area contributed by atoms with Crippen molar-refractivity contribution in [3.63, 3.8) is 0 Å². The van der Waals surface area contributed by atoms with Gasteiger partial charge >= 0.3 is 0 Å². The Bertz CT molecular complexity index is 874. The summed E-state index contributed by atoms with van der Waals surface area (Å²) in [6, 6.07) is 15.9. The first-order valence-corrected chi connectivity index (χ1v) is 8.38.